The topological polar surface area (TPSA) is 61.4 Å². The quantitative estimate of drug-likeness (QED) is 0.628. The first kappa shape index (κ1) is 14.5. The molecule has 17 heavy (non-hydrogen) atoms. The van der Waals surface area contributed by atoms with E-state index in [4.69, 9.17) is 0 Å². The number of aliphatic hydroxyl groups excluding tert-OH is 1. The summed E-state index contributed by atoms with van der Waals surface area (Å²) in [4.78, 5) is 11.6. The second kappa shape index (κ2) is 8.48. The summed E-state index contributed by atoms with van der Waals surface area (Å²) in [6, 6.07) is 0.374. The summed E-state index contributed by atoms with van der Waals surface area (Å²) in [5.41, 5.74) is 0. The van der Waals surface area contributed by atoms with Crippen molar-refractivity contribution in [3.05, 3.63) is 0 Å². The Balaban J connectivity index is 2.04. The van der Waals surface area contributed by atoms with Crippen molar-refractivity contribution >= 4 is 5.91 Å². The van der Waals surface area contributed by atoms with Gasteiger partial charge in [-0.25, -0.2) is 0 Å². The first-order valence-electron chi connectivity index (χ1n) is 6.90. The average molecular weight is 242 g/mol. The van der Waals surface area contributed by atoms with Crippen molar-refractivity contribution in [2.24, 2.45) is 0 Å². The Morgan fingerprint density at radius 2 is 2.06 bits per heavy atom. The van der Waals surface area contributed by atoms with Crippen LogP contribution in [0.2, 0.25) is 0 Å². The average Bonchev–Trinajstić information content (AvgIpc) is 2.30. The molecule has 0 aromatic carbocycles. The number of carbonyl (C=O) groups excluding carboxylic acids is 1. The minimum absolute atomic E-state index is 0.0561. The van der Waals surface area contributed by atoms with Gasteiger partial charge in [-0.1, -0.05) is 32.6 Å². The maximum atomic E-state index is 11.6. The second-order valence-electron chi connectivity index (χ2n) is 4.98. The van der Waals surface area contributed by atoms with E-state index >= 15 is 0 Å². The van der Waals surface area contributed by atoms with Gasteiger partial charge >= 0.3 is 0 Å². The molecule has 1 saturated carbocycles. The zero-order valence-corrected chi connectivity index (χ0v) is 10.9. The fourth-order valence-electron chi connectivity index (χ4n) is 2.31. The lowest BCUT2D eigenvalue weighted by Crippen LogP contribution is -2.42. The van der Waals surface area contributed by atoms with Crippen LogP contribution in [-0.4, -0.2) is 36.2 Å². The highest BCUT2D eigenvalue weighted by Gasteiger charge is 2.15. The molecule has 0 spiro atoms. The summed E-state index contributed by atoms with van der Waals surface area (Å²) in [5.74, 6) is 0.0561. The van der Waals surface area contributed by atoms with Crippen LogP contribution in [0.3, 0.4) is 0 Å². The number of amides is 1. The fraction of sp³-hybridized carbons (Fsp3) is 0.923. The van der Waals surface area contributed by atoms with Crippen molar-refractivity contribution in [2.75, 3.05) is 13.1 Å². The molecule has 1 aliphatic rings. The molecule has 0 aromatic rings. The van der Waals surface area contributed by atoms with Gasteiger partial charge in [0.05, 0.1) is 12.6 Å². The predicted molar refractivity (Wildman–Crippen MR) is 68.8 cm³/mol. The van der Waals surface area contributed by atoms with Gasteiger partial charge in [0, 0.05) is 12.6 Å². The van der Waals surface area contributed by atoms with Gasteiger partial charge in [-0.2, -0.15) is 0 Å². The third kappa shape index (κ3) is 6.64. The van der Waals surface area contributed by atoms with Crippen LogP contribution in [0.4, 0.5) is 0 Å². The number of rotatable bonds is 7. The lowest BCUT2D eigenvalue weighted by molar-refractivity contribution is -0.121. The molecule has 0 saturated heterocycles. The van der Waals surface area contributed by atoms with E-state index in [2.05, 4.69) is 10.6 Å². The van der Waals surface area contributed by atoms with Crippen LogP contribution in [0.25, 0.3) is 0 Å². The lowest BCUT2D eigenvalue weighted by Gasteiger charge is -2.23. The van der Waals surface area contributed by atoms with Crippen LogP contribution in [0.1, 0.15) is 51.9 Å². The van der Waals surface area contributed by atoms with Gasteiger partial charge in [0.2, 0.25) is 5.91 Å². The smallest absolute Gasteiger partial charge is 0.234 e. The van der Waals surface area contributed by atoms with Gasteiger partial charge in [0.25, 0.3) is 0 Å². The largest absolute Gasteiger partial charge is 0.392 e. The molecule has 0 aliphatic heterocycles. The Bertz CT molecular complexity index is 215. The minimum atomic E-state index is -0.331. The van der Waals surface area contributed by atoms with E-state index in [1.165, 1.54) is 19.3 Å². The van der Waals surface area contributed by atoms with Crippen LogP contribution in [0, 0.1) is 0 Å². The van der Waals surface area contributed by atoms with Crippen LogP contribution >= 0.6 is 0 Å². The molecule has 1 rings (SSSR count). The number of aliphatic hydroxyl groups is 1. The Morgan fingerprint density at radius 3 is 2.71 bits per heavy atom. The maximum absolute atomic E-state index is 11.6. The van der Waals surface area contributed by atoms with E-state index in [9.17, 15) is 9.90 Å². The van der Waals surface area contributed by atoms with E-state index in [1.807, 2.05) is 6.92 Å². The van der Waals surface area contributed by atoms with Gasteiger partial charge in [-0.05, 0) is 19.3 Å². The first-order chi connectivity index (χ1) is 8.22. The van der Waals surface area contributed by atoms with Crippen molar-refractivity contribution in [3.63, 3.8) is 0 Å². The van der Waals surface area contributed by atoms with Gasteiger partial charge in [0.1, 0.15) is 0 Å². The molecule has 1 fully saturated rings. The highest BCUT2D eigenvalue weighted by atomic mass is 16.3. The fourth-order valence-corrected chi connectivity index (χ4v) is 2.31. The zero-order chi connectivity index (χ0) is 12.5. The maximum Gasteiger partial charge on any atom is 0.234 e. The third-order valence-electron chi connectivity index (χ3n) is 3.26. The van der Waals surface area contributed by atoms with E-state index < -0.39 is 0 Å². The molecule has 1 amide bonds. The molecule has 1 aliphatic carbocycles. The molecule has 4 heteroatoms. The van der Waals surface area contributed by atoms with E-state index in [-0.39, 0.29) is 12.0 Å². The standard InChI is InChI=1S/C13H26N2O2/c1-2-6-12(16)9-14-10-13(17)15-11-7-4-3-5-8-11/h11-12,14,16H,2-10H2,1H3,(H,15,17). The molecule has 0 aromatic heterocycles. The number of carbonyl (C=O) groups is 1. The van der Waals surface area contributed by atoms with Gasteiger partial charge in [-0.15, -0.1) is 0 Å². The van der Waals surface area contributed by atoms with Gasteiger partial charge < -0.3 is 15.7 Å². The third-order valence-corrected chi connectivity index (χ3v) is 3.26. The van der Waals surface area contributed by atoms with Gasteiger partial charge in [0.15, 0.2) is 0 Å². The second-order valence-corrected chi connectivity index (χ2v) is 4.98. The molecule has 4 nitrogen and oxygen atoms in total. The Morgan fingerprint density at radius 1 is 1.35 bits per heavy atom. The Kier molecular flexibility index (Phi) is 7.21. The van der Waals surface area contributed by atoms with Crippen LogP contribution < -0.4 is 10.6 Å². The van der Waals surface area contributed by atoms with E-state index in [0.717, 1.165) is 25.7 Å². The summed E-state index contributed by atoms with van der Waals surface area (Å²) in [6.45, 7) is 2.86. The van der Waals surface area contributed by atoms with Crippen molar-refractivity contribution in [1.82, 2.24) is 10.6 Å². The molecule has 0 heterocycles. The summed E-state index contributed by atoms with van der Waals surface area (Å²) >= 11 is 0. The first-order valence-corrected chi connectivity index (χ1v) is 6.90. The SMILES string of the molecule is CCCC(O)CNCC(=O)NC1CCCCC1. The summed E-state index contributed by atoms with van der Waals surface area (Å²) in [7, 11) is 0. The van der Waals surface area contributed by atoms with E-state index in [0.29, 0.717) is 19.1 Å². The van der Waals surface area contributed by atoms with Crippen molar-refractivity contribution < 1.29 is 9.90 Å². The van der Waals surface area contributed by atoms with Crippen molar-refractivity contribution in [2.45, 2.75) is 64.0 Å². The minimum Gasteiger partial charge on any atom is -0.392 e. The summed E-state index contributed by atoms with van der Waals surface area (Å²) in [5, 5.41) is 15.5. The van der Waals surface area contributed by atoms with Crippen LogP contribution in [0.15, 0.2) is 0 Å². The van der Waals surface area contributed by atoms with Crippen LogP contribution in [0.5, 0.6) is 0 Å². The molecule has 1 atom stereocenters. The molecule has 0 bridgehead atoms. The molecule has 3 N–H and O–H groups in total. The normalized spacial score (nSPS) is 18.9. The van der Waals surface area contributed by atoms with Crippen molar-refractivity contribution in [1.29, 1.82) is 0 Å². The summed E-state index contributed by atoms with van der Waals surface area (Å²) in [6.07, 6.45) is 7.42. The highest BCUT2D eigenvalue weighted by molar-refractivity contribution is 5.78. The predicted octanol–water partition coefficient (Wildman–Crippen LogP) is 1.19. The van der Waals surface area contributed by atoms with Crippen LogP contribution in [-0.2, 0) is 4.79 Å². The molecule has 100 valence electrons. The molecule has 1 unspecified atom stereocenters. The van der Waals surface area contributed by atoms with E-state index in [1.54, 1.807) is 0 Å². The highest BCUT2D eigenvalue weighted by Crippen LogP contribution is 2.16. The number of hydrogen-bond donors (Lipinski definition) is 3. The van der Waals surface area contributed by atoms with Gasteiger partial charge in [-0.3, -0.25) is 4.79 Å². The lowest BCUT2D eigenvalue weighted by atomic mass is 9.95. The molecule has 0 radical (unpaired) electrons. The number of nitrogens with one attached hydrogen (secondary N) is 2. The molecular formula is C13H26N2O2. The zero-order valence-electron chi connectivity index (χ0n) is 10.9. The number of hydrogen-bond acceptors (Lipinski definition) is 3. The summed E-state index contributed by atoms with van der Waals surface area (Å²) < 4.78 is 0. The Labute approximate surface area is 104 Å². The molecular weight excluding hydrogens is 216 g/mol. The Hall–Kier alpha value is -0.610. The van der Waals surface area contributed by atoms with Crippen molar-refractivity contribution in [3.8, 4) is 0 Å². The monoisotopic (exact) mass is 242 g/mol.